The van der Waals surface area contributed by atoms with Crippen LogP contribution in [0.5, 0.6) is 0 Å². The Kier molecular flexibility index (Phi) is 4.93. The van der Waals surface area contributed by atoms with Crippen molar-refractivity contribution < 1.29 is 9.59 Å². The number of amides is 2. The number of aryl methyl sites for hydroxylation is 2. The third kappa shape index (κ3) is 3.63. The fraction of sp³-hybridized carbons (Fsp3) is 0.600. The average Bonchev–Trinajstić information content (AvgIpc) is 3.18. The van der Waals surface area contributed by atoms with Gasteiger partial charge in [0.25, 0.3) is 0 Å². The Balaban J connectivity index is 1.46. The normalized spacial score (nSPS) is 26.2. The summed E-state index contributed by atoms with van der Waals surface area (Å²) in [6.45, 7) is 6.14. The Hall–Kier alpha value is -1.84. The Morgan fingerprint density at radius 3 is 2.58 bits per heavy atom. The van der Waals surface area contributed by atoms with E-state index in [9.17, 15) is 9.59 Å². The summed E-state index contributed by atoms with van der Waals surface area (Å²) in [5.41, 5.74) is 2.91. The van der Waals surface area contributed by atoms with E-state index in [1.54, 1.807) is 0 Å². The van der Waals surface area contributed by atoms with Gasteiger partial charge in [-0.15, -0.1) is 0 Å². The monoisotopic (exact) mass is 328 g/mol. The molecule has 24 heavy (non-hydrogen) atoms. The fourth-order valence-electron chi connectivity index (χ4n) is 4.45. The lowest BCUT2D eigenvalue weighted by Crippen LogP contribution is -2.46. The minimum atomic E-state index is -0.234. The number of hydrogen-bond donors (Lipinski definition) is 2. The Morgan fingerprint density at radius 1 is 1.17 bits per heavy atom. The van der Waals surface area contributed by atoms with Gasteiger partial charge in [-0.25, -0.2) is 4.79 Å². The fourth-order valence-corrected chi connectivity index (χ4v) is 4.45. The predicted octanol–water partition coefficient (Wildman–Crippen LogP) is 3.61. The molecule has 130 valence electrons. The minimum Gasteiger partial charge on any atom is -0.335 e. The second-order valence-electron chi connectivity index (χ2n) is 7.68. The highest BCUT2D eigenvalue weighted by atomic mass is 16.2. The summed E-state index contributed by atoms with van der Waals surface area (Å²) >= 11 is 0. The van der Waals surface area contributed by atoms with Gasteiger partial charge in [-0.1, -0.05) is 18.6 Å². The molecule has 0 heterocycles. The second kappa shape index (κ2) is 6.96. The highest BCUT2D eigenvalue weighted by molar-refractivity contribution is 5.99. The van der Waals surface area contributed by atoms with Crippen molar-refractivity contribution in [3.05, 3.63) is 34.9 Å². The highest BCUT2D eigenvalue weighted by Gasteiger charge is 2.42. The van der Waals surface area contributed by atoms with E-state index >= 15 is 0 Å². The minimum absolute atomic E-state index is 0.0395. The van der Waals surface area contributed by atoms with Gasteiger partial charge in [0, 0.05) is 11.6 Å². The van der Waals surface area contributed by atoms with E-state index < -0.39 is 0 Å². The van der Waals surface area contributed by atoms with Crippen molar-refractivity contribution in [2.75, 3.05) is 6.54 Å². The molecule has 4 atom stereocenters. The molecular weight excluding hydrogens is 300 g/mol. The Bertz CT molecular complexity index is 641. The van der Waals surface area contributed by atoms with Gasteiger partial charge >= 0.3 is 6.03 Å². The maximum absolute atomic E-state index is 12.2. The zero-order valence-electron chi connectivity index (χ0n) is 14.9. The first-order valence-corrected chi connectivity index (χ1v) is 9.09. The first-order valence-electron chi connectivity index (χ1n) is 9.09. The van der Waals surface area contributed by atoms with Crippen molar-refractivity contribution in [3.8, 4) is 0 Å². The Morgan fingerprint density at radius 2 is 1.96 bits per heavy atom. The molecule has 2 N–H and O–H groups in total. The molecule has 0 unspecified atom stereocenters. The van der Waals surface area contributed by atoms with E-state index in [-0.39, 0.29) is 24.4 Å². The summed E-state index contributed by atoms with van der Waals surface area (Å²) < 4.78 is 0. The molecule has 0 saturated heterocycles. The standard InChI is InChI=1S/C20H28N2O2/c1-12-4-6-17(8-13(12)2)19(23)11-21-20(24)22-14(3)18-10-15-5-7-16(18)9-15/h4,6,8,14-16,18H,5,7,9-11H2,1-3H3,(H2,21,22,24)/t14-,15+,16+,18-/m1/s1. The molecule has 3 rings (SSSR count). The summed E-state index contributed by atoms with van der Waals surface area (Å²) in [4.78, 5) is 24.3. The first-order chi connectivity index (χ1) is 11.4. The van der Waals surface area contributed by atoms with Crippen molar-refractivity contribution in [2.45, 2.75) is 52.5 Å². The largest absolute Gasteiger partial charge is 0.335 e. The van der Waals surface area contributed by atoms with E-state index in [0.717, 1.165) is 23.0 Å². The molecule has 0 aromatic heterocycles. The van der Waals surface area contributed by atoms with Gasteiger partial charge in [-0.2, -0.15) is 0 Å². The third-order valence-corrected chi connectivity index (χ3v) is 6.03. The van der Waals surface area contributed by atoms with Crippen molar-refractivity contribution in [1.29, 1.82) is 0 Å². The molecular formula is C20H28N2O2. The number of Topliss-reactive ketones (excluding diaryl/α,β-unsaturated/α-hetero) is 1. The number of carbonyl (C=O) groups is 2. The topological polar surface area (TPSA) is 58.2 Å². The molecule has 2 aliphatic carbocycles. The van der Waals surface area contributed by atoms with Gasteiger partial charge in [0.2, 0.25) is 0 Å². The summed E-state index contributed by atoms with van der Waals surface area (Å²) in [7, 11) is 0. The number of hydrogen-bond acceptors (Lipinski definition) is 2. The van der Waals surface area contributed by atoms with Crippen LogP contribution in [0, 0.1) is 31.6 Å². The van der Waals surface area contributed by atoms with Gasteiger partial charge in [-0.05, 0) is 75.0 Å². The predicted molar refractivity (Wildman–Crippen MR) is 95.2 cm³/mol. The zero-order chi connectivity index (χ0) is 17.3. The van der Waals surface area contributed by atoms with Crippen molar-refractivity contribution in [2.24, 2.45) is 17.8 Å². The van der Waals surface area contributed by atoms with Gasteiger partial charge in [0.15, 0.2) is 5.78 Å². The molecule has 2 saturated carbocycles. The number of ketones is 1. The molecule has 0 aliphatic heterocycles. The van der Waals surface area contributed by atoms with Crippen LogP contribution in [0.3, 0.4) is 0 Å². The lowest BCUT2D eigenvalue weighted by Gasteiger charge is -2.28. The van der Waals surface area contributed by atoms with E-state index in [1.165, 1.54) is 25.7 Å². The highest BCUT2D eigenvalue weighted by Crippen LogP contribution is 2.49. The molecule has 4 heteroatoms. The first kappa shape index (κ1) is 17.0. The molecule has 2 bridgehead atoms. The molecule has 1 aromatic carbocycles. The van der Waals surface area contributed by atoms with E-state index in [2.05, 4.69) is 17.6 Å². The van der Waals surface area contributed by atoms with Crippen molar-refractivity contribution >= 4 is 11.8 Å². The lowest BCUT2D eigenvalue weighted by atomic mass is 9.84. The number of urea groups is 1. The summed E-state index contributed by atoms with van der Waals surface area (Å²) in [5.74, 6) is 2.20. The van der Waals surface area contributed by atoms with Crippen LogP contribution in [0.2, 0.25) is 0 Å². The summed E-state index contributed by atoms with van der Waals surface area (Å²) in [6.07, 6.45) is 5.26. The molecule has 0 spiro atoms. The maximum Gasteiger partial charge on any atom is 0.315 e. The van der Waals surface area contributed by atoms with E-state index in [4.69, 9.17) is 0 Å². The molecule has 0 radical (unpaired) electrons. The van der Waals surface area contributed by atoms with Gasteiger partial charge < -0.3 is 10.6 Å². The average molecular weight is 328 g/mol. The molecule has 1 aromatic rings. The number of benzene rings is 1. The summed E-state index contributed by atoms with van der Waals surface area (Å²) in [5, 5.41) is 5.75. The zero-order valence-corrected chi connectivity index (χ0v) is 14.9. The lowest BCUT2D eigenvalue weighted by molar-refractivity contribution is 0.0991. The van der Waals surface area contributed by atoms with Crippen LogP contribution in [0.15, 0.2) is 18.2 Å². The summed E-state index contributed by atoms with van der Waals surface area (Å²) in [6, 6.07) is 5.59. The van der Waals surface area contributed by atoms with Crippen LogP contribution < -0.4 is 10.6 Å². The number of rotatable bonds is 5. The van der Waals surface area contributed by atoms with Crippen molar-refractivity contribution in [3.63, 3.8) is 0 Å². The smallest absolute Gasteiger partial charge is 0.315 e. The van der Waals surface area contributed by atoms with Gasteiger partial charge in [0.05, 0.1) is 6.54 Å². The van der Waals surface area contributed by atoms with E-state index in [0.29, 0.717) is 11.5 Å². The number of carbonyl (C=O) groups excluding carboxylic acids is 2. The number of nitrogens with one attached hydrogen (secondary N) is 2. The molecule has 2 amide bonds. The Labute approximate surface area is 144 Å². The second-order valence-corrected chi connectivity index (χ2v) is 7.68. The van der Waals surface area contributed by atoms with Gasteiger partial charge in [0.1, 0.15) is 0 Å². The third-order valence-electron chi connectivity index (χ3n) is 6.03. The SMILES string of the molecule is Cc1ccc(C(=O)CNC(=O)N[C@H](C)[C@H]2C[C@H]3CC[C@H]2C3)cc1C. The van der Waals surface area contributed by atoms with Crippen molar-refractivity contribution in [1.82, 2.24) is 10.6 Å². The van der Waals surface area contributed by atoms with Crippen LogP contribution in [-0.4, -0.2) is 24.4 Å². The van der Waals surface area contributed by atoms with Crippen LogP contribution in [0.4, 0.5) is 4.79 Å². The molecule has 4 nitrogen and oxygen atoms in total. The maximum atomic E-state index is 12.2. The van der Waals surface area contributed by atoms with Crippen LogP contribution >= 0.6 is 0 Å². The number of fused-ring (bicyclic) bond motifs is 2. The van der Waals surface area contributed by atoms with Crippen LogP contribution in [0.25, 0.3) is 0 Å². The quantitative estimate of drug-likeness (QED) is 0.811. The van der Waals surface area contributed by atoms with Crippen LogP contribution in [-0.2, 0) is 0 Å². The van der Waals surface area contributed by atoms with Crippen LogP contribution in [0.1, 0.15) is 54.1 Å². The van der Waals surface area contributed by atoms with Gasteiger partial charge in [-0.3, -0.25) is 4.79 Å². The molecule has 2 aliphatic rings. The van der Waals surface area contributed by atoms with E-state index in [1.807, 2.05) is 32.0 Å². The molecule has 2 fully saturated rings.